The van der Waals surface area contributed by atoms with Crippen molar-refractivity contribution in [2.75, 3.05) is 0 Å². The Morgan fingerprint density at radius 1 is 1.50 bits per heavy atom. The van der Waals surface area contributed by atoms with Gasteiger partial charge in [-0.2, -0.15) is 8.81 Å². The third kappa shape index (κ3) is 1.05. The number of aromatic nitrogens is 2. The van der Waals surface area contributed by atoms with Gasteiger partial charge in [0.1, 0.15) is 0 Å². The number of fused-ring (bicyclic) bond motifs is 1. The van der Waals surface area contributed by atoms with Crippen LogP contribution in [0.5, 0.6) is 0 Å². The lowest BCUT2D eigenvalue weighted by molar-refractivity contribution is 1.06. The Morgan fingerprint density at radius 2 is 2.33 bits per heavy atom. The van der Waals surface area contributed by atoms with Gasteiger partial charge in [0.15, 0.2) is 0 Å². The van der Waals surface area contributed by atoms with E-state index in [1.54, 1.807) is 3.71 Å². The summed E-state index contributed by atoms with van der Waals surface area (Å²) in [7, 11) is 0. The van der Waals surface area contributed by atoms with Crippen LogP contribution in [0.15, 0.2) is 24.4 Å². The van der Waals surface area contributed by atoms with Gasteiger partial charge in [0.25, 0.3) is 0 Å². The topological polar surface area (TPSA) is 17.8 Å². The lowest BCUT2D eigenvalue weighted by Gasteiger charge is -1.97. The number of benzene rings is 1. The highest BCUT2D eigenvalue weighted by atomic mass is 79.9. The van der Waals surface area contributed by atoms with Crippen molar-refractivity contribution in [2.24, 2.45) is 0 Å². The molecule has 0 saturated heterocycles. The van der Waals surface area contributed by atoms with Crippen molar-refractivity contribution in [1.29, 1.82) is 0 Å². The zero-order valence-corrected chi connectivity index (χ0v) is 8.37. The minimum atomic E-state index is 1.05. The van der Waals surface area contributed by atoms with Crippen LogP contribution in [-0.2, 0) is 6.42 Å². The van der Waals surface area contributed by atoms with Crippen molar-refractivity contribution in [3.63, 3.8) is 0 Å². The van der Waals surface area contributed by atoms with Crippen LogP contribution in [0.1, 0.15) is 12.5 Å². The average Bonchev–Trinajstić information content (AvgIpc) is 2.48. The molecule has 0 spiro atoms. The Bertz CT molecular complexity index is 406. The van der Waals surface area contributed by atoms with Crippen molar-refractivity contribution < 1.29 is 0 Å². The van der Waals surface area contributed by atoms with E-state index in [-0.39, 0.29) is 0 Å². The Morgan fingerprint density at radius 3 is 3.08 bits per heavy atom. The summed E-state index contributed by atoms with van der Waals surface area (Å²) in [6, 6.07) is 6.24. The van der Waals surface area contributed by atoms with Crippen molar-refractivity contribution in [3.8, 4) is 0 Å². The summed E-state index contributed by atoms with van der Waals surface area (Å²) in [6.45, 7) is 2.15. The molecule has 1 heterocycles. The van der Waals surface area contributed by atoms with E-state index in [1.165, 1.54) is 10.9 Å². The van der Waals surface area contributed by atoms with Gasteiger partial charge in [0, 0.05) is 5.39 Å². The molecule has 0 saturated carbocycles. The van der Waals surface area contributed by atoms with Crippen LogP contribution in [0.25, 0.3) is 10.9 Å². The predicted octanol–water partition coefficient (Wildman–Crippen LogP) is 2.76. The number of hydrogen-bond donors (Lipinski definition) is 0. The van der Waals surface area contributed by atoms with E-state index < -0.39 is 0 Å². The van der Waals surface area contributed by atoms with E-state index in [2.05, 4.69) is 46.4 Å². The normalized spacial score (nSPS) is 10.8. The summed E-state index contributed by atoms with van der Waals surface area (Å²) in [6.07, 6.45) is 2.94. The molecule has 0 fully saturated rings. The van der Waals surface area contributed by atoms with Crippen LogP contribution in [0.3, 0.4) is 0 Å². The average molecular weight is 225 g/mol. The van der Waals surface area contributed by atoms with Gasteiger partial charge in [-0.15, -0.1) is 0 Å². The third-order valence-electron chi connectivity index (χ3n) is 2.04. The number of aryl methyl sites for hydroxylation is 1. The lowest BCUT2D eigenvalue weighted by atomic mass is 10.1. The fourth-order valence-corrected chi connectivity index (χ4v) is 1.79. The molecule has 0 unspecified atom stereocenters. The molecule has 12 heavy (non-hydrogen) atoms. The molecule has 62 valence electrons. The molecule has 0 aliphatic rings. The molecule has 1 aromatic heterocycles. The van der Waals surface area contributed by atoms with E-state index in [4.69, 9.17) is 0 Å². The summed E-state index contributed by atoms with van der Waals surface area (Å²) < 4.78 is 1.72. The molecule has 1 aromatic carbocycles. The molecule has 0 radical (unpaired) electrons. The Labute approximate surface area is 79.5 Å². The molecule has 2 aromatic rings. The van der Waals surface area contributed by atoms with Gasteiger partial charge < -0.3 is 0 Å². The number of nitrogens with zero attached hydrogens (tertiary/aromatic N) is 2. The van der Waals surface area contributed by atoms with E-state index in [0.717, 1.165) is 11.9 Å². The molecular weight excluding hydrogens is 216 g/mol. The van der Waals surface area contributed by atoms with Crippen molar-refractivity contribution >= 4 is 27.1 Å². The summed E-state index contributed by atoms with van der Waals surface area (Å²) in [5.74, 6) is 0. The molecule has 2 nitrogen and oxygen atoms in total. The Hall–Kier alpha value is -0.830. The highest BCUT2D eigenvalue weighted by molar-refractivity contribution is 9.08. The first-order valence-corrected chi connectivity index (χ1v) is 4.65. The first kappa shape index (κ1) is 7.80. The summed E-state index contributed by atoms with van der Waals surface area (Å²) >= 11 is 3.34. The van der Waals surface area contributed by atoms with E-state index >= 15 is 0 Å². The van der Waals surface area contributed by atoms with Crippen molar-refractivity contribution in [3.05, 3.63) is 30.0 Å². The first-order valence-electron chi connectivity index (χ1n) is 3.94. The maximum Gasteiger partial charge on any atom is 0.0815 e. The second-order valence-electron chi connectivity index (χ2n) is 2.71. The van der Waals surface area contributed by atoms with E-state index in [1.807, 2.05) is 6.20 Å². The molecule has 0 atom stereocenters. The van der Waals surface area contributed by atoms with Crippen LogP contribution in [-0.4, -0.2) is 8.81 Å². The zero-order valence-electron chi connectivity index (χ0n) is 6.79. The molecule has 3 heteroatoms. The summed E-state index contributed by atoms with van der Waals surface area (Å²) in [5.41, 5.74) is 2.48. The van der Waals surface area contributed by atoms with E-state index in [9.17, 15) is 0 Å². The maximum atomic E-state index is 4.14. The van der Waals surface area contributed by atoms with Crippen LogP contribution in [0.2, 0.25) is 0 Å². The number of halogens is 1. The fraction of sp³-hybridized carbons (Fsp3) is 0.222. The van der Waals surface area contributed by atoms with Crippen molar-refractivity contribution in [1.82, 2.24) is 8.81 Å². The molecular formula is C9H9BrN2. The van der Waals surface area contributed by atoms with Gasteiger partial charge in [-0.1, -0.05) is 19.1 Å². The Balaban J connectivity index is 2.81. The SMILES string of the molecule is CCc1cccc2c1cnn2Br. The largest absolute Gasteiger partial charge is 0.197 e. The number of hydrogen-bond acceptors (Lipinski definition) is 1. The highest BCUT2D eigenvalue weighted by Gasteiger charge is 2.02. The quantitative estimate of drug-likeness (QED) is 0.729. The first-order chi connectivity index (χ1) is 5.83. The maximum absolute atomic E-state index is 4.14. The van der Waals surface area contributed by atoms with Crippen LogP contribution in [0.4, 0.5) is 0 Å². The van der Waals surface area contributed by atoms with Gasteiger partial charge in [-0.25, -0.2) is 0 Å². The minimum absolute atomic E-state index is 1.05. The standard InChI is InChI=1S/C9H9BrN2/c1-2-7-4-3-5-9-8(7)6-11-12(9)10/h3-6H,2H2,1H3. The molecule has 0 aliphatic heterocycles. The third-order valence-corrected chi connectivity index (χ3v) is 2.61. The molecule has 0 amide bonds. The minimum Gasteiger partial charge on any atom is -0.197 e. The highest BCUT2D eigenvalue weighted by Crippen LogP contribution is 2.19. The second kappa shape index (κ2) is 2.90. The zero-order chi connectivity index (χ0) is 8.55. The fourth-order valence-electron chi connectivity index (χ4n) is 1.39. The second-order valence-corrected chi connectivity index (χ2v) is 3.38. The van der Waals surface area contributed by atoms with Crippen LogP contribution < -0.4 is 0 Å². The number of rotatable bonds is 1. The van der Waals surface area contributed by atoms with E-state index in [0.29, 0.717) is 0 Å². The predicted molar refractivity (Wildman–Crippen MR) is 53.4 cm³/mol. The van der Waals surface area contributed by atoms with Gasteiger partial charge in [0.2, 0.25) is 0 Å². The summed E-state index contributed by atoms with van der Waals surface area (Å²) in [4.78, 5) is 0. The van der Waals surface area contributed by atoms with Crippen LogP contribution >= 0.6 is 16.1 Å². The molecule has 2 rings (SSSR count). The van der Waals surface area contributed by atoms with Crippen molar-refractivity contribution in [2.45, 2.75) is 13.3 Å². The molecule has 0 aliphatic carbocycles. The van der Waals surface area contributed by atoms with Gasteiger partial charge in [-0.3, -0.25) is 0 Å². The van der Waals surface area contributed by atoms with Gasteiger partial charge in [0.05, 0.1) is 27.9 Å². The monoisotopic (exact) mass is 224 g/mol. The molecule has 0 bridgehead atoms. The van der Waals surface area contributed by atoms with Gasteiger partial charge >= 0.3 is 0 Å². The lowest BCUT2D eigenvalue weighted by Crippen LogP contribution is -1.82. The Kier molecular flexibility index (Phi) is 1.89. The molecule has 0 N–H and O–H groups in total. The van der Waals surface area contributed by atoms with Crippen LogP contribution in [0, 0.1) is 0 Å². The summed E-state index contributed by atoms with van der Waals surface area (Å²) in [5, 5.41) is 5.37. The van der Waals surface area contributed by atoms with Gasteiger partial charge in [-0.05, 0) is 18.1 Å². The smallest absolute Gasteiger partial charge is 0.0815 e.